The fraction of sp³-hybridized carbons (Fsp3) is 0.333. The number of ether oxygens (including phenoxy) is 1. The molecule has 1 N–H and O–H groups in total. The lowest BCUT2D eigenvalue weighted by Gasteiger charge is -2.21. The normalized spacial score (nSPS) is 15.0. The lowest BCUT2D eigenvalue weighted by Crippen LogP contribution is -2.39. The highest BCUT2D eigenvalue weighted by Gasteiger charge is 2.51. The number of carbonyl (C=O) groups excluding carboxylic acids is 1. The van der Waals surface area contributed by atoms with Gasteiger partial charge in [-0.25, -0.2) is 9.78 Å². The van der Waals surface area contributed by atoms with E-state index in [-0.39, 0.29) is 0 Å². The number of amides is 1. The van der Waals surface area contributed by atoms with Crippen LogP contribution in [0, 0.1) is 0 Å². The monoisotopic (exact) mass is 448 g/mol. The van der Waals surface area contributed by atoms with Gasteiger partial charge in [-0.3, -0.25) is 0 Å². The second-order valence-corrected chi connectivity index (χ2v) is 10.2. The quantitative estimate of drug-likeness (QED) is 0.437. The summed E-state index contributed by atoms with van der Waals surface area (Å²) in [6.45, 7) is 5.49. The van der Waals surface area contributed by atoms with Crippen LogP contribution in [0.4, 0.5) is 4.79 Å². The molecule has 0 atom stereocenters. The number of fused-ring (bicyclic) bond motifs is 1. The van der Waals surface area contributed by atoms with E-state index in [1.54, 1.807) is 11.3 Å². The van der Waals surface area contributed by atoms with Gasteiger partial charge in [0.25, 0.3) is 0 Å². The summed E-state index contributed by atoms with van der Waals surface area (Å²) in [5.41, 5.74) is 2.11. The summed E-state index contributed by atoms with van der Waals surface area (Å²) in [7, 11) is 0. The molecule has 0 bridgehead atoms. The molecule has 0 saturated heterocycles. The molecule has 8 heteroatoms. The molecule has 1 saturated carbocycles. The Morgan fingerprint density at radius 1 is 1.12 bits per heavy atom. The van der Waals surface area contributed by atoms with Crippen molar-refractivity contribution in [1.82, 2.24) is 20.5 Å². The van der Waals surface area contributed by atoms with Crippen LogP contribution in [0.25, 0.3) is 21.3 Å². The molecule has 0 unspecified atom stereocenters. The van der Waals surface area contributed by atoms with Crippen molar-refractivity contribution in [2.24, 2.45) is 0 Å². The van der Waals surface area contributed by atoms with E-state index in [1.807, 2.05) is 45.0 Å². The molecule has 2 heterocycles. The molecule has 7 nitrogen and oxygen atoms in total. The highest BCUT2D eigenvalue weighted by atomic mass is 32.1. The zero-order chi connectivity index (χ0) is 22.3. The highest BCUT2D eigenvalue weighted by Crippen LogP contribution is 2.45. The van der Waals surface area contributed by atoms with Gasteiger partial charge in [-0.2, -0.15) is 0 Å². The Kier molecular flexibility index (Phi) is 4.97. The molecule has 164 valence electrons. The number of alkyl carbamates (subject to hydrolysis) is 1. The summed E-state index contributed by atoms with van der Waals surface area (Å²) in [5.74, 6) is 0.908. The number of hydrogen-bond donors (Lipinski definition) is 1. The first-order valence-electron chi connectivity index (χ1n) is 10.6. The number of thiazole rings is 1. The van der Waals surface area contributed by atoms with Crippen LogP contribution in [-0.4, -0.2) is 26.9 Å². The summed E-state index contributed by atoms with van der Waals surface area (Å²) >= 11 is 1.62. The van der Waals surface area contributed by atoms with Gasteiger partial charge in [0.15, 0.2) is 0 Å². The molecule has 5 rings (SSSR count). The fourth-order valence-corrected chi connectivity index (χ4v) is 4.52. The van der Waals surface area contributed by atoms with Crippen molar-refractivity contribution in [2.45, 2.75) is 51.2 Å². The average Bonchev–Trinajstić information content (AvgIpc) is 3.18. The van der Waals surface area contributed by atoms with Crippen molar-refractivity contribution < 1.29 is 13.9 Å². The Morgan fingerprint density at radius 3 is 2.62 bits per heavy atom. The topological polar surface area (TPSA) is 90.1 Å². The van der Waals surface area contributed by atoms with Gasteiger partial charge in [-0.1, -0.05) is 36.4 Å². The van der Waals surface area contributed by atoms with Gasteiger partial charge >= 0.3 is 6.09 Å². The van der Waals surface area contributed by atoms with Crippen molar-refractivity contribution in [3.8, 4) is 11.1 Å². The number of nitrogens with zero attached hydrogens (tertiary/aromatic N) is 3. The van der Waals surface area contributed by atoms with E-state index in [0.717, 1.165) is 33.6 Å². The molecule has 32 heavy (non-hydrogen) atoms. The van der Waals surface area contributed by atoms with E-state index in [9.17, 15) is 4.79 Å². The summed E-state index contributed by atoms with van der Waals surface area (Å²) in [4.78, 5) is 16.9. The summed E-state index contributed by atoms with van der Waals surface area (Å²) < 4.78 is 12.4. The van der Waals surface area contributed by atoms with Gasteiger partial charge in [-0.05, 0) is 56.9 Å². The molecule has 0 radical (unpaired) electrons. The lowest BCUT2D eigenvalue weighted by atomic mass is 10.1. The van der Waals surface area contributed by atoms with Crippen molar-refractivity contribution in [2.75, 3.05) is 0 Å². The second-order valence-electron chi connectivity index (χ2n) is 9.04. The van der Waals surface area contributed by atoms with Crippen LogP contribution >= 0.6 is 11.3 Å². The van der Waals surface area contributed by atoms with E-state index >= 15 is 0 Å². The fourth-order valence-electron chi connectivity index (χ4n) is 3.52. The van der Waals surface area contributed by atoms with E-state index in [4.69, 9.17) is 14.1 Å². The zero-order valence-electron chi connectivity index (χ0n) is 18.2. The van der Waals surface area contributed by atoms with E-state index in [0.29, 0.717) is 18.2 Å². The molecule has 2 aromatic carbocycles. The summed E-state index contributed by atoms with van der Waals surface area (Å²) in [6, 6.07) is 16.6. The van der Waals surface area contributed by atoms with Gasteiger partial charge < -0.3 is 14.5 Å². The van der Waals surface area contributed by atoms with E-state index in [1.165, 1.54) is 5.56 Å². The Morgan fingerprint density at radius 2 is 1.91 bits per heavy atom. The number of aromatic nitrogens is 3. The summed E-state index contributed by atoms with van der Waals surface area (Å²) in [5, 5.41) is 12.2. The highest BCUT2D eigenvalue weighted by molar-refractivity contribution is 7.18. The molecule has 0 spiro atoms. The van der Waals surface area contributed by atoms with Crippen LogP contribution in [0.3, 0.4) is 0 Å². The van der Waals surface area contributed by atoms with Gasteiger partial charge in [0.1, 0.15) is 16.1 Å². The summed E-state index contributed by atoms with van der Waals surface area (Å²) in [6.07, 6.45) is 1.47. The number of hydrogen-bond acceptors (Lipinski definition) is 7. The number of rotatable bonds is 5. The standard InChI is InChI=1S/C24H24N4O3S/c1-23(2,3)31-22(29)26-24(11-12-24)21-28-27-19(30-21)14-20-25-17-10-9-16(13-18(17)32-20)15-7-5-4-6-8-15/h4-10,13H,11-12,14H2,1-3H3,(H,26,29). The van der Waals surface area contributed by atoms with E-state index < -0.39 is 17.2 Å². The van der Waals surface area contributed by atoms with Crippen molar-refractivity contribution in [3.05, 3.63) is 65.3 Å². The molecule has 1 fully saturated rings. The van der Waals surface area contributed by atoms with E-state index in [2.05, 4.69) is 39.8 Å². The first-order chi connectivity index (χ1) is 15.3. The molecule has 1 aliphatic rings. The van der Waals surface area contributed by atoms with Gasteiger partial charge in [0, 0.05) is 0 Å². The molecular weight excluding hydrogens is 424 g/mol. The molecule has 1 aliphatic carbocycles. The van der Waals surface area contributed by atoms with Crippen LogP contribution in [0.5, 0.6) is 0 Å². The molecule has 0 aliphatic heterocycles. The average molecular weight is 449 g/mol. The van der Waals surface area contributed by atoms with Crippen molar-refractivity contribution in [1.29, 1.82) is 0 Å². The minimum atomic E-state index is -0.619. The minimum Gasteiger partial charge on any atom is -0.444 e. The number of benzene rings is 2. The molecule has 2 aromatic heterocycles. The van der Waals surface area contributed by atoms with Crippen molar-refractivity contribution >= 4 is 27.6 Å². The smallest absolute Gasteiger partial charge is 0.408 e. The predicted octanol–water partition coefficient (Wildman–Crippen LogP) is 5.45. The maximum Gasteiger partial charge on any atom is 0.408 e. The van der Waals surface area contributed by atoms with Crippen LogP contribution < -0.4 is 5.32 Å². The molecule has 4 aromatic rings. The Labute approximate surface area is 189 Å². The first-order valence-corrected chi connectivity index (χ1v) is 11.4. The molecule has 1 amide bonds. The molecular formula is C24H24N4O3S. The zero-order valence-corrected chi connectivity index (χ0v) is 19.0. The third-order valence-electron chi connectivity index (χ3n) is 5.21. The second kappa shape index (κ2) is 7.70. The lowest BCUT2D eigenvalue weighted by molar-refractivity contribution is 0.0485. The Hall–Kier alpha value is -3.26. The third kappa shape index (κ3) is 4.36. The largest absolute Gasteiger partial charge is 0.444 e. The maximum atomic E-state index is 12.2. The maximum absolute atomic E-state index is 12.2. The van der Waals surface area contributed by atoms with Crippen LogP contribution in [-0.2, 0) is 16.7 Å². The van der Waals surface area contributed by atoms with Gasteiger partial charge in [-0.15, -0.1) is 21.5 Å². The van der Waals surface area contributed by atoms with Gasteiger partial charge in [0.2, 0.25) is 11.8 Å². The van der Waals surface area contributed by atoms with Crippen LogP contribution in [0.15, 0.2) is 52.9 Å². The Balaban J connectivity index is 1.31. The van der Waals surface area contributed by atoms with Gasteiger partial charge in [0.05, 0.1) is 16.6 Å². The minimum absolute atomic E-state index is 0.422. The predicted molar refractivity (Wildman–Crippen MR) is 122 cm³/mol. The van der Waals surface area contributed by atoms with Crippen LogP contribution in [0.1, 0.15) is 50.4 Å². The first kappa shape index (κ1) is 20.6. The number of nitrogens with one attached hydrogen (secondary N) is 1. The number of carbonyl (C=O) groups is 1. The van der Waals surface area contributed by atoms with Crippen molar-refractivity contribution in [3.63, 3.8) is 0 Å². The third-order valence-corrected chi connectivity index (χ3v) is 6.23. The van der Waals surface area contributed by atoms with Crippen LogP contribution in [0.2, 0.25) is 0 Å². The Bertz CT molecular complexity index is 1270. The SMILES string of the molecule is CC(C)(C)OC(=O)NC1(c2nnc(Cc3nc4ccc(-c5ccccc5)cc4s3)o2)CC1.